The minimum Gasteiger partial charge on any atom is -0.348 e. The number of pyridine rings is 1. The molecule has 0 saturated carbocycles. The second-order valence-electron chi connectivity index (χ2n) is 5.92. The predicted octanol–water partition coefficient (Wildman–Crippen LogP) is 2.60. The van der Waals surface area contributed by atoms with E-state index >= 15 is 0 Å². The van der Waals surface area contributed by atoms with E-state index in [1.165, 1.54) is 0 Å². The molecule has 136 valence electrons. The van der Waals surface area contributed by atoms with Gasteiger partial charge in [-0.3, -0.25) is 9.20 Å². The molecule has 1 amide bonds. The molecular weight excluding hydrogens is 368 g/mol. The minimum absolute atomic E-state index is 0.150. The molecule has 0 aliphatic rings. The molecule has 27 heavy (non-hydrogen) atoms. The highest BCUT2D eigenvalue weighted by molar-refractivity contribution is 6.31. The summed E-state index contributed by atoms with van der Waals surface area (Å²) in [7, 11) is 0. The van der Waals surface area contributed by atoms with Gasteiger partial charge in [-0.1, -0.05) is 35.0 Å². The van der Waals surface area contributed by atoms with E-state index in [-0.39, 0.29) is 18.9 Å². The Bertz CT molecular complexity index is 1120. The van der Waals surface area contributed by atoms with Gasteiger partial charge in [0.2, 0.25) is 5.91 Å². The maximum atomic E-state index is 12.2. The largest absolute Gasteiger partial charge is 0.348 e. The van der Waals surface area contributed by atoms with Gasteiger partial charge < -0.3 is 9.84 Å². The van der Waals surface area contributed by atoms with Crippen LogP contribution >= 0.6 is 11.6 Å². The van der Waals surface area contributed by atoms with Gasteiger partial charge >= 0.3 is 0 Å². The average Bonchev–Trinajstić information content (AvgIpc) is 3.28. The maximum Gasteiger partial charge on any atom is 0.261 e. The summed E-state index contributed by atoms with van der Waals surface area (Å²) in [6, 6.07) is 10.9. The Labute approximate surface area is 159 Å². The zero-order valence-corrected chi connectivity index (χ0v) is 15.1. The quantitative estimate of drug-likeness (QED) is 0.569. The fourth-order valence-corrected chi connectivity index (χ4v) is 2.92. The number of nitrogens with zero attached hydrogens (tertiary/aromatic N) is 5. The number of benzene rings is 1. The van der Waals surface area contributed by atoms with Crippen LogP contribution in [0.4, 0.5) is 0 Å². The molecule has 1 N–H and O–H groups in total. The van der Waals surface area contributed by atoms with Gasteiger partial charge in [-0.2, -0.15) is 4.98 Å². The number of carbonyl (C=O) groups excluding carboxylic acids is 1. The molecule has 0 saturated heterocycles. The summed E-state index contributed by atoms with van der Waals surface area (Å²) in [6.45, 7) is 1.98. The Morgan fingerprint density at radius 2 is 2.07 bits per heavy atom. The summed E-state index contributed by atoms with van der Waals surface area (Å²) in [5.74, 6) is 1.36. The topological polar surface area (TPSA) is 98.2 Å². The van der Waals surface area contributed by atoms with Crippen LogP contribution in [-0.4, -0.2) is 30.6 Å². The predicted molar refractivity (Wildman–Crippen MR) is 98.0 cm³/mol. The molecule has 4 rings (SSSR count). The molecule has 4 aromatic rings. The third-order valence-corrected chi connectivity index (χ3v) is 4.38. The third kappa shape index (κ3) is 3.52. The SMILES string of the molecule is Cc1noc(-c2cccn3c(CNC(=O)Cc4ccccc4Cl)nnc23)n1. The van der Waals surface area contributed by atoms with Crippen LogP contribution in [-0.2, 0) is 17.8 Å². The van der Waals surface area contributed by atoms with Gasteiger partial charge in [0.1, 0.15) is 0 Å². The molecule has 0 bridgehead atoms. The normalized spacial score (nSPS) is 11.0. The Hall–Kier alpha value is -3.26. The van der Waals surface area contributed by atoms with Crippen molar-refractivity contribution in [2.75, 3.05) is 0 Å². The van der Waals surface area contributed by atoms with Crippen LogP contribution in [0.5, 0.6) is 0 Å². The lowest BCUT2D eigenvalue weighted by Crippen LogP contribution is -2.25. The van der Waals surface area contributed by atoms with Crippen molar-refractivity contribution in [1.82, 2.24) is 30.1 Å². The van der Waals surface area contributed by atoms with Crippen molar-refractivity contribution in [3.05, 3.63) is 64.8 Å². The van der Waals surface area contributed by atoms with Crippen LogP contribution in [0.3, 0.4) is 0 Å². The molecule has 0 aliphatic carbocycles. The molecule has 0 radical (unpaired) electrons. The van der Waals surface area contributed by atoms with E-state index in [0.29, 0.717) is 33.8 Å². The number of aryl methyl sites for hydroxylation is 1. The highest BCUT2D eigenvalue weighted by Gasteiger charge is 2.15. The molecule has 3 heterocycles. The highest BCUT2D eigenvalue weighted by atomic mass is 35.5. The number of fused-ring (bicyclic) bond motifs is 1. The third-order valence-electron chi connectivity index (χ3n) is 4.02. The van der Waals surface area contributed by atoms with E-state index in [1.54, 1.807) is 17.4 Å². The van der Waals surface area contributed by atoms with Crippen molar-refractivity contribution in [3.63, 3.8) is 0 Å². The van der Waals surface area contributed by atoms with Gasteiger partial charge in [0.25, 0.3) is 5.89 Å². The van der Waals surface area contributed by atoms with E-state index < -0.39 is 0 Å². The number of amides is 1. The van der Waals surface area contributed by atoms with E-state index in [9.17, 15) is 4.79 Å². The van der Waals surface area contributed by atoms with E-state index in [2.05, 4.69) is 25.7 Å². The Kier molecular flexibility index (Phi) is 4.55. The highest BCUT2D eigenvalue weighted by Crippen LogP contribution is 2.22. The van der Waals surface area contributed by atoms with Crippen molar-refractivity contribution in [2.24, 2.45) is 0 Å². The van der Waals surface area contributed by atoms with Gasteiger partial charge in [-0.15, -0.1) is 10.2 Å². The zero-order valence-electron chi connectivity index (χ0n) is 14.4. The standard InChI is InChI=1S/C18H15ClN6O2/c1-11-21-18(27-24-11)13-6-4-8-25-15(22-23-17(13)25)10-20-16(26)9-12-5-2-3-7-14(12)19/h2-8H,9-10H2,1H3,(H,20,26). The van der Waals surface area contributed by atoms with Gasteiger partial charge in [0.15, 0.2) is 17.3 Å². The first kappa shape index (κ1) is 17.2. The van der Waals surface area contributed by atoms with Gasteiger partial charge in [-0.05, 0) is 30.7 Å². The minimum atomic E-state index is -0.150. The number of hydrogen-bond acceptors (Lipinski definition) is 6. The molecule has 1 aromatic carbocycles. The van der Waals surface area contributed by atoms with Crippen molar-refractivity contribution in [1.29, 1.82) is 0 Å². The second-order valence-corrected chi connectivity index (χ2v) is 6.33. The summed E-state index contributed by atoms with van der Waals surface area (Å²) in [5, 5.41) is 15.6. The smallest absolute Gasteiger partial charge is 0.261 e. The monoisotopic (exact) mass is 382 g/mol. The van der Waals surface area contributed by atoms with Crippen LogP contribution in [0.25, 0.3) is 17.1 Å². The van der Waals surface area contributed by atoms with Crippen molar-refractivity contribution in [2.45, 2.75) is 19.9 Å². The first-order valence-corrected chi connectivity index (χ1v) is 8.63. The summed E-state index contributed by atoms with van der Waals surface area (Å²) < 4.78 is 7.00. The fourth-order valence-electron chi connectivity index (χ4n) is 2.71. The molecule has 0 unspecified atom stereocenters. The lowest BCUT2D eigenvalue weighted by molar-refractivity contribution is -0.120. The molecular formula is C18H15ClN6O2. The average molecular weight is 383 g/mol. The van der Waals surface area contributed by atoms with Gasteiger partial charge in [-0.25, -0.2) is 0 Å². The van der Waals surface area contributed by atoms with E-state index in [0.717, 1.165) is 5.56 Å². The zero-order chi connectivity index (χ0) is 18.8. The number of halogens is 1. The summed E-state index contributed by atoms with van der Waals surface area (Å²) >= 11 is 6.10. The van der Waals surface area contributed by atoms with Crippen molar-refractivity contribution in [3.8, 4) is 11.5 Å². The maximum absolute atomic E-state index is 12.2. The molecule has 0 atom stereocenters. The lowest BCUT2D eigenvalue weighted by atomic mass is 10.1. The number of carbonyl (C=O) groups is 1. The number of aromatic nitrogens is 5. The van der Waals surface area contributed by atoms with Crippen LogP contribution in [0.2, 0.25) is 5.02 Å². The van der Waals surface area contributed by atoms with E-state index in [4.69, 9.17) is 16.1 Å². The van der Waals surface area contributed by atoms with E-state index in [1.807, 2.05) is 36.5 Å². The Morgan fingerprint density at radius 1 is 1.22 bits per heavy atom. The molecule has 8 nitrogen and oxygen atoms in total. The molecule has 3 aromatic heterocycles. The molecule has 0 aliphatic heterocycles. The van der Waals surface area contributed by atoms with Gasteiger partial charge in [0.05, 0.1) is 18.5 Å². The first-order chi connectivity index (χ1) is 13.1. The van der Waals surface area contributed by atoms with Crippen molar-refractivity contribution >= 4 is 23.2 Å². The fraction of sp³-hybridized carbons (Fsp3) is 0.167. The van der Waals surface area contributed by atoms with Gasteiger partial charge in [0, 0.05) is 11.2 Å². The van der Waals surface area contributed by atoms with Crippen LogP contribution in [0.1, 0.15) is 17.2 Å². The Balaban J connectivity index is 1.51. The Morgan fingerprint density at radius 3 is 2.85 bits per heavy atom. The summed E-state index contributed by atoms with van der Waals surface area (Å²) in [6.07, 6.45) is 2.01. The van der Waals surface area contributed by atoms with Crippen LogP contribution < -0.4 is 5.32 Å². The molecule has 0 fully saturated rings. The lowest BCUT2D eigenvalue weighted by Gasteiger charge is -2.06. The summed E-state index contributed by atoms with van der Waals surface area (Å²) in [4.78, 5) is 16.5. The molecule has 9 heteroatoms. The number of nitrogens with one attached hydrogen (secondary N) is 1. The number of rotatable bonds is 5. The number of hydrogen-bond donors (Lipinski definition) is 1. The summed E-state index contributed by atoms with van der Waals surface area (Å²) in [5.41, 5.74) is 2.03. The van der Waals surface area contributed by atoms with Crippen molar-refractivity contribution < 1.29 is 9.32 Å². The first-order valence-electron chi connectivity index (χ1n) is 8.25. The second kappa shape index (κ2) is 7.16. The van der Waals surface area contributed by atoms with Crippen LogP contribution in [0, 0.1) is 6.92 Å². The molecule has 0 spiro atoms. The van der Waals surface area contributed by atoms with Crippen LogP contribution in [0.15, 0.2) is 47.1 Å².